The monoisotopic (exact) mass is 471 g/mol. The Morgan fingerprint density at radius 3 is 2.57 bits per heavy atom. The largest absolute Gasteiger partial charge is 0.490 e. The Kier molecular flexibility index (Phi) is 8.08. The number of anilines is 1. The molecule has 9 heteroatoms. The van der Waals surface area contributed by atoms with Crippen LogP contribution >= 0.6 is 34.8 Å². The van der Waals surface area contributed by atoms with Crippen molar-refractivity contribution in [1.29, 1.82) is 0 Å². The Morgan fingerprint density at radius 2 is 1.90 bits per heavy atom. The number of hydrogen-bond donors (Lipinski definition) is 3. The predicted octanol–water partition coefficient (Wildman–Crippen LogP) is 3.86. The summed E-state index contributed by atoms with van der Waals surface area (Å²) in [6.07, 6.45) is 1.07. The van der Waals surface area contributed by atoms with Crippen LogP contribution in [0.4, 0.5) is 5.69 Å². The number of aliphatic hydroxyl groups is 1. The first-order valence-electron chi connectivity index (χ1n) is 9.67. The second-order valence-electron chi connectivity index (χ2n) is 7.29. The van der Waals surface area contributed by atoms with Gasteiger partial charge in [-0.25, -0.2) is 0 Å². The Morgan fingerprint density at radius 1 is 1.17 bits per heavy atom. The van der Waals surface area contributed by atoms with Gasteiger partial charge in [0.15, 0.2) is 0 Å². The van der Waals surface area contributed by atoms with E-state index in [0.717, 1.165) is 25.9 Å². The molecular weight excluding hydrogens is 449 g/mol. The third-order valence-corrected chi connectivity index (χ3v) is 5.93. The summed E-state index contributed by atoms with van der Waals surface area (Å²) in [4.78, 5) is 14.4. The minimum Gasteiger partial charge on any atom is -0.490 e. The molecule has 4 N–H and O–H groups in total. The molecule has 0 aliphatic carbocycles. The molecular formula is C21H24Cl3N3O3. The van der Waals surface area contributed by atoms with Gasteiger partial charge in [-0.1, -0.05) is 34.8 Å². The highest BCUT2D eigenvalue weighted by molar-refractivity contribution is 6.42. The van der Waals surface area contributed by atoms with Crippen LogP contribution in [0.15, 0.2) is 36.4 Å². The number of nitrogen functional groups attached to an aromatic ring is 1. The lowest BCUT2D eigenvalue weighted by molar-refractivity contribution is 0.0594. The topological polar surface area (TPSA) is 87.8 Å². The van der Waals surface area contributed by atoms with Gasteiger partial charge in [0.2, 0.25) is 0 Å². The number of hydrogen-bond acceptors (Lipinski definition) is 5. The number of aliphatic hydroxyl groups excluding tert-OH is 1. The van der Waals surface area contributed by atoms with Gasteiger partial charge >= 0.3 is 0 Å². The van der Waals surface area contributed by atoms with Crippen molar-refractivity contribution in [2.75, 3.05) is 31.9 Å². The fourth-order valence-electron chi connectivity index (χ4n) is 3.36. The molecule has 0 spiro atoms. The number of likely N-dealkylation sites (tertiary alicyclic amines) is 1. The number of carbonyl (C=O) groups is 1. The van der Waals surface area contributed by atoms with Crippen molar-refractivity contribution in [2.24, 2.45) is 0 Å². The molecule has 0 radical (unpaired) electrons. The molecule has 6 nitrogen and oxygen atoms in total. The van der Waals surface area contributed by atoms with Crippen molar-refractivity contribution in [3.8, 4) is 5.75 Å². The number of benzene rings is 2. The normalized spacial score (nSPS) is 16.3. The quantitative estimate of drug-likeness (QED) is 0.533. The van der Waals surface area contributed by atoms with Crippen LogP contribution in [0.25, 0.3) is 0 Å². The van der Waals surface area contributed by atoms with Gasteiger partial charge in [0.1, 0.15) is 11.9 Å². The molecule has 1 atom stereocenters. The second-order valence-corrected chi connectivity index (χ2v) is 8.54. The number of nitrogens with two attached hydrogens (primary N) is 1. The first-order chi connectivity index (χ1) is 14.3. The first kappa shape index (κ1) is 23.0. The number of halogens is 3. The fourth-order valence-corrected chi connectivity index (χ4v) is 3.83. The lowest BCUT2D eigenvalue weighted by Gasteiger charge is -2.33. The highest BCUT2D eigenvalue weighted by atomic mass is 35.5. The molecule has 0 aromatic heterocycles. The van der Waals surface area contributed by atoms with Gasteiger partial charge in [-0.15, -0.1) is 0 Å². The molecule has 1 saturated heterocycles. The number of amides is 1. The number of nitrogens with one attached hydrogen (secondary N) is 1. The summed E-state index contributed by atoms with van der Waals surface area (Å²) in [6, 6.07) is 9.94. The van der Waals surface area contributed by atoms with Crippen LogP contribution in [-0.4, -0.2) is 54.3 Å². The van der Waals surface area contributed by atoms with E-state index in [1.807, 2.05) is 0 Å². The smallest absolute Gasteiger partial charge is 0.253 e. The van der Waals surface area contributed by atoms with Gasteiger partial charge in [-0.2, -0.15) is 0 Å². The highest BCUT2D eigenvalue weighted by Crippen LogP contribution is 2.28. The molecule has 1 aliphatic heterocycles. The zero-order chi connectivity index (χ0) is 21.7. The Labute approximate surface area is 190 Å². The summed E-state index contributed by atoms with van der Waals surface area (Å²) in [5.74, 6) is 0.365. The Hall–Kier alpha value is -1.70. The van der Waals surface area contributed by atoms with Crippen molar-refractivity contribution in [1.82, 2.24) is 10.2 Å². The molecule has 1 fully saturated rings. The molecule has 1 unspecified atom stereocenters. The summed E-state index contributed by atoms with van der Waals surface area (Å²) >= 11 is 17.8. The number of carbonyl (C=O) groups excluding carboxylic acids is 1. The van der Waals surface area contributed by atoms with E-state index in [9.17, 15) is 9.90 Å². The van der Waals surface area contributed by atoms with Gasteiger partial charge < -0.3 is 25.8 Å². The summed E-state index contributed by atoms with van der Waals surface area (Å²) in [5.41, 5.74) is 6.46. The Bertz CT molecular complexity index is 889. The van der Waals surface area contributed by atoms with E-state index >= 15 is 0 Å². The van der Waals surface area contributed by atoms with E-state index in [4.69, 9.17) is 45.3 Å². The average Bonchev–Trinajstić information content (AvgIpc) is 2.70. The van der Waals surface area contributed by atoms with Crippen molar-refractivity contribution in [2.45, 2.75) is 25.0 Å². The molecule has 0 saturated carbocycles. The summed E-state index contributed by atoms with van der Waals surface area (Å²) in [6.45, 7) is 2.19. The molecule has 1 aliphatic rings. The highest BCUT2D eigenvalue weighted by Gasteiger charge is 2.23. The maximum absolute atomic E-state index is 12.2. The fraction of sp³-hybridized carbons (Fsp3) is 0.381. The van der Waals surface area contributed by atoms with Crippen LogP contribution in [-0.2, 0) is 0 Å². The third-order valence-electron chi connectivity index (χ3n) is 4.95. The first-order valence-corrected chi connectivity index (χ1v) is 10.8. The van der Waals surface area contributed by atoms with Crippen LogP contribution in [0.5, 0.6) is 5.75 Å². The molecule has 1 amide bonds. The number of piperidine rings is 1. The van der Waals surface area contributed by atoms with Crippen LogP contribution in [0.2, 0.25) is 15.1 Å². The predicted molar refractivity (Wildman–Crippen MR) is 121 cm³/mol. The number of β-amino-alcohol motifs (C(OH)–C–C–N with tert-alkyl or cyclic N) is 1. The maximum atomic E-state index is 12.2. The number of nitrogens with zero attached hydrogens (tertiary/aromatic N) is 1. The molecule has 1 heterocycles. The number of rotatable bonds is 7. The summed E-state index contributed by atoms with van der Waals surface area (Å²) < 4.78 is 5.98. The maximum Gasteiger partial charge on any atom is 0.253 e. The van der Waals surface area contributed by atoms with Gasteiger partial charge in [0.05, 0.1) is 21.7 Å². The van der Waals surface area contributed by atoms with E-state index in [-0.39, 0.29) is 18.6 Å². The summed E-state index contributed by atoms with van der Waals surface area (Å²) in [5, 5.41) is 14.5. The van der Waals surface area contributed by atoms with Gasteiger partial charge in [-0.05, 0) is 43.2 Å². The SMILES string of the molecule is Nc1cc(Cl)ccc1C(=O)NCC(O)CN1CCC(Oc2ccc(Cl)c(Cl)c2)CC1. The zero-order valence-electron chi connectivity index (χ0n) is 16.3. The van der Waals surface area contributed by atoms with E-state index in [2.05, 4.69) is 10.2 Å². The Balaban J connectivity index is 1.40. The standard InChI is InChI=1S/C21H24Cl3N3O3/c22-13-1-3-17(20(25)9-13)21(29)26-11-14(28)12-27-7-5-15(6-8-27)30-16-2-4-18(23)19(24)10-16/h1-4,9-10,14-15,28H,5-8,11-12,25H2,(H,26,29). The second kappa shape index (κ2) is 10.6. The molecule has 162 valence electrons. The molecule has 30 heavy (non-hydrogen) atoms. The molecule has 3 rings (SSSR count). The minimum absolute atomic E-state index is 0.0863. The van der Waals surface area contributed by atoms with E-state index < -0.39 is 6.10 Å². The lowest BCUT2D eigenvalue weighted by Crippen LogP contribution is -2.45. The third kappa shape index (κ3) is 6.40. The van der Waals surface area contributed by atoms with Crippen molar-refractivity contribution < 1.29 is 14.6 Å². The minimum atomic E-state index is -0.685. The lowest BCUT2D eigenvalue weighted by atomic mass is 10.1. The van der Waals surface area contributed by atoms with Crippen molar-refractivity contribution in [3.05, 3.63) is 57.0 Å². The van der Waals surface area contributed by atoms with Crippen molar-refractivity contribution in [3.63, 3.8) is 0 Å². The van der Waals surface area contributed by atoms with Crippen LogP contribution < -0.4 is 15.8 Å². The van der Waals surface area contributed by atoms with Crippen LogP contribution in [0, 0.1) is 0 Å². The van der Waals surface area contributed by atoms with E-state index in [1.165, 1.54) is 6.07 Å². The summed E-state index contributed by atoms with van der Waals surface area (Å²) in [7, 11) is 0. The van der Waals surface area contributed by atoms with Gasteiger partial charge in [0, 0.05) is 43.0 Å². The number of ether oxygens (including phenoxy) is 1. The zero-order valence-corrected chi connectivity index (χ0v) is 18.6. The molecule has 2 aromatic rings. The van der Waals surface area contributed by atoms with Gasteiger partial charge in [0.25, 0.3) is 5.91 Å². The van der Waals surface area contributed by atoms with Crippen LogP contribution in [0.1, 0.15) is 23.2 Å². The average molecular weight is 473 g/mol. The molecule has 2 aromatic carbocycles. The van der Waals surface area contributed by atoms with E-state index in [0.29, 0.717) is 38.6 Å². The molecule has 0 bridgehead atoms. The van der Waals surface area contributed by atoms with E-state index in [1.54, 1.807) is 30.3 Å². The van der Waals surface area contributed by atoms with Crippen molar-refractivity contribution >= 4 is 46.4 Å². The van der Waals surface area contributed by atoms with Crippen LogP contribution in [0.3, 0.4) is 0 Å². The van der Waals surface area contributed by atoms with Gasteiger partial charge in [-0.3, -0.25) is 4.79 Å².